The van der Waals surface area contributed by atoms with E-state index >= 15 is 0 Å². The Morgan fingerprint density at radius 1 is 1.56 bits per heavy atom. The van der Waals surface area contributed by atoms with Crippen molar-refractivity contribution in [2.24, 2.45) is 0 Å². The molecule has 0 saturated heterocycles. The highest BCUT2D eigenvalue weighted by atomic mass is 13.9. The third-order valence-electron chi connectivity index (χ3n) is 1.08. The molecule has 0 aromatic rings. The molecule has 0 heterocycles. The van der Waals surface area contributed by atoms with Crippen LogP contribution in [0.25, 0.3) is 0 Å². The van der Waals surface area contributed by atoms with E-state index in [0.29, 0.717) is 0 Å². The third kappa shape index (κ3) is 1.57. The first-order chi connectivity index (χ1) is 4.43. The Morgan fingerprint density at radius 3 is 3.22 bits per heavy atom. The van der Waals surface area contributed by atoms with E-state index in [0.717, 1.165) is 12.0 Å². The Hall–Kier alpha value is -1.31. The van der Waals surface area contributed by atoms with E-state index in [9.17, 15) is 0 Å². The zero-order valence-corrected chi connectivity index (χ0v) is 5.09. The summed E-state index contributed by atoms with van der Waals surface area (Å²) in [6.07, 6.45) is 16.8. The fraction of sp³-hybridized carbons (Fsp3) is 0.111. The summed E-state index contributed by atoms with van der Waals surface area (Å²) in [6, 6.07) is 0. The quantitative estimate of drug-likeness (QED) is 0.334. The molecule has 0 aromatic heterocycles. The van der Waals surface area contributed by atoms with Gasteiger partial charge in [-0.15, -0.1) is 0 Å². The smallest absolute Gasteiger partial charge is 0.0583 e. The molecule has 0 atom stereocenters. The first-order valence-electron chi connectivity index (χ1n) is 2.84. The van der Waals surface area contributed by atoms with Crippen LogP contribution in [-0.2, 0) is 0 Å². The molecule has 0 amide bonds. The van der Waals surface area contributed by atoms with Gasteiger partial charge < -0.3 is 0 Å². The zero-order valence-electron chi connectivity index (χ0n) is 5.09. The van der Waals surface area contributed by atoms with Crippen LogP contribution < -0.4 is 0 Å². The van der Waals surface area contributed by atoms with Crippen molar-refractivity contribution in [1.29, 1.82) is 0 Å². The number of allylic oxidation sites excluding steroid dienone is 6. The molecular weight excluding hydrogens is 108 g/mol. The fourth-order valence-electron chi connectivity index (χ4n) is 0.625. The topological polar surface area (TPSA) is 0 Å². The molecule has 0 aromatic carbocycles. The van der Waals surface area contributed by atoms with E-state index in [4.69, 9.17) is 6.42 Å². The minimum Gasteiger partial charge on any atom is -0.0583 e. The van der Waals surface area contributed by atoms with Gasteiger partial charge in [0.1, 0.15) is 5.92 Å². The predicted molar refractivity (Wildman–Crippen MR) is 38.5 cm³/mol. The van der Waals surface area contributed by atoms with Gasteiger partial charge in [-0.05, 0) is 12.5 Å². The van der Waals surface area contributed by atoms with Gasteiger partial charge in [-0.1, -0.05) is 12.2 Å². The second kappa shape index (κ2) is 2.87. The molecule has 1 rings (SSSR count). The maximum absolute atomic E-state index is 5.14. The second-order valence-electron chi connectivity index (χ2n) is 1.73. The molecule has 0 saturated carbocycles. The Bertz CT molecular complexity index is 209. The molecule has 0 aliphatic heterocycles. The molecule has 1 aliphatic carbocycles. The molecule has 0 nitrogen and oxygen atoms in total. The highest BCUT2D eigenvalue weighted by molar-refractivity contribution is 5.36. The van der Waals surface area contributed by atoms with Crippen molar-refractivity contribution in [3.05, 3.63) is 36.0 Å². The maximum Gasteiger partial charge on any atom is 0.246 e. The lowest BCUT2D eigenvalue weighted by Gasteiger charge is -1.68. The highest BCUT2D eigenvalue weighted by Gasteiger charge is 1.98. The minimum atomic E-state index is 0.826. The van der Waals surface area contributed by atoms with Gasteiger partial charge in [0.15, 0.2) is 0 Å². The van der Waals surface area contributed by atoms with Crippen molar-refractivity contribution in [2.45, 2.75) is 6.42 Å². The first-order valence-corrected chi connectivity index (χ1v) is 2.84. The van der Waals surface area contributed by atoms with Gasteiger partial charge in [0, 0.05) is 6.08 Å². The summed E-state index contributed by atoms with van der Waals surface area (Å²) in [6.45, 7) is 0. The van der Waals surface area contributed by atoms with Crippen molar-refractivity contribution in [2.75, 3.05) is 0 Å². The van der Waals surface area contributed by atoms with Crippen LogP contribution in [0, 0.1) is 18.4 Å². The van der Waals surface area contributed by atoms with E-state index in [-0.39, 0.29) is 0 Å². The van der Waals surface area contributed by atoms with Crippen molar-refractivity contribution < 1.29 is 0 Å². The van der Waals surface area contributed by atoms with E-state index < -0.39 is 0 Å². The molecule has 0 bridgehead atoms. The van der Waals surface area contributed by atoms with E-state index in [2.05, 4.69) is 12.0 Å². The Labute approximate surface area is 55.6 Å². The van der Waals surface area contributed by atoms with Crippen LogP contribution in [0.1, 0.15) is 6.42 Å². The monoisotopic (exact) mass is 115 g/mol. The van der Waals surface area contributed by atoms with Crippen LogP contribution in [-0.4, -0.2) is 0 Å². The van der Waals surface area contributed by atoms with Gasteiger partial charge >= 0.3 is 0 Å². The predicted octanol–water partition coefficient (Wildman–Crippen LogP) is 1.87. The fourth-order valence-corrected chi connectivity index (χ4v) is 0.625. The molecule has 0 unspecified atom stereocenters. The summed E-state index contributed by atoms with van der Waals surface area (Å²) in [7, 11) is 0. The Morgan fingerprint density at radius 2 is 2.44 bits per heavy atom. The third-order valence-corrected chi connectivity index (χ3v) is 1.08. The first kappa shape index (κ1) is 5.82. The maximum atomic E-state index is 5.14. The molecule has 0 fully saturated rings. The van der Waals surface area contributed by atoms with Crippen LogP contribution in [0.2, 0.25) is 0 Å². The standard InChI is InChI=1S/C9H7/c1-2-9-7-5-3-4-6-8-9/h1,3-5,7H,6H2/q+1. The van der Waals surface area contributed by atoms with Crippen molar-refractivity contribution in [3.8, 4) is 12.3 Å². The van der Waals surface area contributed by atoms with E-state index in [1.165, 1.54) is 0 Å². The summed E-state index contributed by atoms with van der Waals surface area (Å²) < 4.78 is 0. The SMILES string of the molecule is C#CC1=[C+]CC=CC=C1. The molecule has 9 heavy (non-hydrogen) atoms. The van der Waals surface area contributed by atoms with Crippen molar-refractivity contribution in [3.63, 3.8) is 0 Å². The zero-order chi connectivity index (χ0) is 6.53. The molecule has 0 N–H and O–H groups in total. The van der Waals surface area contributed by atoms with Gasteiger partial charge in [0.25, 0.3) is 0 Å². The Kier molecular flexibility index (Phi) is 1.85. The highest BCUT2D eigenvalue weighted by Crippen LogP contribution is 2.01. The van der Waals surface area contributed by atoms with Crippen LogP contribution in [0.4, 0.5) is 0 Å². The summed E-state index contributed by atoms with van der Waals surface area (Å²) >= 11 is 0. The Balaban J connectivity index is 2.78. The average molecular weight is 115 g/mol. The normalized spacial score (nSPS) is 15.2. The van der Waals surface area contributed by atoms with Gasteiger partial charge in [-0.25, -0.2) is 0 Å². The van der Waals surface area contributed by atoms with E-state index in [1.807, 2.05) is 24.3 Å². The number of hydrogen-bond acceptors (Lipinski definition) is 0. The summed E-state index contributed by atoms with van der Waals surface area (Å²) in [5, 5.41) is 0. The lowest BCUT2D eigenvalue weighted by atomic mass is 10.2. The van der Waals surface area contributed by atoms with Crippen LogP contribution in [0.5, 0.6) is 0 Å². The number of terminal acetylenes is 1. The number of rotatable bonds is 0. The molecule has 0 spiro atoms. The average Bonchev–Trinajstić information content (AvgIpc) is 2.13. The van der Waals surface area contributed by atoms with E-state index in [1.54, 1.807) is 0 Å². The van der Waals surface area contributed by atoms with Gasteiger partial charge in [0.2, 0.25) is 5.57 Å². The minimum absolute atomic E-state index is 0.826. The summed E-state index contributed by atoms with van der Waals surface area (Å²) in [5.41, 5.74) is 0.847. The molecule has 1 aliphatic rings. The summed E-state index contributed by atoms with van der Waals surface area (Å²) in [5.74, 6) is 2.52. The molecule has 42 valence electrons. The molecule has 0 heteroatoms. The summed E-state index contributed by atoms with van der Waals surface area (Å²) in [4.78, 5) is 0. The molecule has 0 radical (unpaired) electrons. The second-order valence-corrected chi connectivity index (χ2v) is 1.73. The van der Waals surface area contributed by atoms with Crippen molar-refractivity contribution in [1.82, 2.24) is 0 Å². The van der Waals surface area contributed by atoms with Crippen LogP contribution in [0.15, 0.2) is 29.9 Å². The number of hydrogen-bond donors (Lipinski definition) is 0. The largest absolute Gasteiger partial charge is 0.246 e. The van der Waals surface area contributed by atoms with Gasteiger partial charge in [0.05, 0.1) is 12.5 Å². The van der Waals surface area contributed by atoms with Crippen LogP contribution >= 0.6 is 0 Å². The molecular formula is C9H7+. The van der Waals surface area contributed by atoms with Gasteiger partial charge in [-0.3, -0.25) is 0 Å². The lowest BCUT2D eigenvalue weighted by Crippen LogP contribution is -1.68. The lowest BCUT2D eigenvalue weighted by molar-refractivity contribution is 1.33. The van der Waals surface area contributed by atoms with Gasteiger partial charge in [-0.2, -0.15) is 0 Å². The van der Waals surface area contributed by atoms with Crippen molar-refractivity contribution >= 4 is 0 Å². The van der Waals surface area contributed by atoms with Crippen LogP contribution in [0.3, 0.4) is 0 Å².